The molecule has 2 rings (SSSR count). The Morgan fingerprint density at radius 1 is 1.22 bits per heavy atom. The van der Waals surface area contributed by atoms with Crippen LogP contribution in [0.5, 0.6) is 11.5 Å². The van der Waals surface area contributed by atoms with Crippen LogP contribution < -0.4 is 14.8 Å². The molecule has 0 aliphatic carbocycles. The normalized spacial score (nSPS) is 10.2. The van der Waals surface area contributed by atoms with E-state index in [1.807, 2.05) is 18.2 Å². The summed E-state index contributed by atoms with van der Waals surface area (Å²) in [6.07, 6.45) is 3.15. The third-order valence-corrected chi connectivity index (χ3v) is 3.37. The average molecular weight is 317 g/mol. The summed E-state index contributed by atoms with van der Waals surface area (Å²) in [5, 5.41) is 13.9. The van der Waals surface area contributed by atoms with E-state index in [2.05, 4.69) is 10.3 Å². The van der Waals surface area contributed by atoms with Gasteiger partial charge in [0.1, 0.15) is 0 Å². The Labute approximate surface area is 134 Å². The Balaban J connectivity index is 1.90. The lowest BCUT2D eigenvalue weighted by molar-refractivity contribution is -0.384. The van der Waals surface area contributed by atoms with Crippen LogP contribution in [0.2, 0.25) is 0 Å². The molecule has 1 N–H and O–H groups in total. The summed E-state index contributed by atoms with van der Waals surface area (Å²) in [6, 6.07) is 8.76. The van der Waals surface area contributed by atoms with Crippen LogP contribution in [0.1, 0.15) is 12.0 Å². The highest BCUT2D eigenvalue weighted by Gasteiger charge is 2.13. The summed E-state index contributed by atoms with van der Waals surface area (Å²) < 4.78 is 10.5. The molecule has 0 fully saturated rings. The molecule has 0 bridgehead atoms. The maximum absolute atomic E-state index is 10.9. The van der Waals surface area contributed by atoms with Gasteiger partial charge in [-0.25, -0.2) is 4.98 Å². The lowest BCUT2D eigenvalue weighted by Gasteiger charge is -2.10. The van der Waals surface area contributed by atoms with Crippen LogP contribution in [0, 0.1) is 10.1 Å². The first-order chi connectivity index (χ1) is 11.2. The summed E-state index contributed by atoms with van der Waals surface area (Å²) >= 11 is 0. The van der Waals surface area contributed by atoms with Crippen LogP contribution in [0.25, 0.3) is 0 Å². The largest absolute Gasteiger partial charge is 0.493 e. The second-order valence-electron chi connectivity index (χ2n) is 4.85. The molecule has 0 saturated carbocycles. The molecule has 0 atom stereocenters. The summed E-state index contributed by atoms with van der Waals surface area (Å²) in [4.78, 5) is 14.5. The SMILES string of the molecule is COc1ccc(CCCNc2ncccc2[N+](=O)[O-])cc1OC. The number of nitrogens with one attached hydrogen (secondary N) is 1. The van der Waals surface area contributed by atoms with Gasteiger partial charge in [0.2, 0.25) is 5.82 Å². The van der Waals surface area contributed by atoms with E-state index in [0.717, 1.165) is 18.4 Å². The maximum Gasteiger partial charge on any atom is 0.311 e. The summed E-state index contributed by atoms with van der Waals surface area (Å²) in [7, 11) is 3.20. The number of aromatic nitrogens is 1. The number of pyridine rings is 1. The van der Waals surface area contributed by atoms with Gasteiger partial charge in [0.05, 0.1) is 19.1 Å². The van der Waals surface area contributed by atoms with Gasteiger partial charge in [0, 0.05) is 18.8 Å². The van der Waals surface area contributed by atoms with Crippen LogP contribution in [-0.2, 0) is 6.42 Å². The number of nitrogens with zero attached hydrogens (tertiary/aromatic N) is 2. The predicted octanol–water partition coefficient (Wildman–Crippen LogP) is 3.05. The van der Waals surface area contributed by atoms with Crippen molar-refractivity contribution in [3.8, 4) is 11.5 Å². The van der Waals surface area contributed by atoms with Gasteiger partial charge in [-0.3, -0.25) is 10.1 Å². The van der Waals surface area contributed by atoms with Crippen molar-refractivity contribution < 1.29 is 14.4 Å². The molecule has 0 radical (unpaired) electrons. The first-order valence-electron chi connectivity index (χ1n) is 7.20. The van der Waals surface area contributed by atoms with Gasteiger partial charge in [-0.2, -0.15) is 0 Å². The minimum Gasteiger partial charge on any atom is -0.493 e. The number of ether oxygens (including phenoxy) is 2. The molecule has 0 aliphatic heterocycles. The van der Waals surface area contributed by atoms with E-state index in [-0.39, 0.29) is 5.69 Å². The zero-order valence-corrected chi connectivity index (χ0v) is 13.1. The number of anilines is 1. The molecular formula is C16H19N3O4. The predicted molar refractivity (Wildman–Crippen MR) is 87.2 cm³/mol. The molecule has 7 nitrogen and oxygen atoms in total. The molecular weight excluding hydrogens is 298 g/mol. The fourth-order valence-corrected chi connectivity index (χ4v) is 2.22. The zero-order valence-electron chi connectivity index (χ0n) is 13.1. The lowest BCUT2D eigenvalue weighted by Crippen LogP contribution is -2.07. The van der Waals surface area contributed by atoms with Gasteiger partial charge < -0.3 is 14.8 Å². The summed E-state index contributed by atoms with van der Waals surface area (Å²) in [5.41, 5.74) is 1.10. The van der Waals surface area contributed by atoms with Crippen molar-refractivity contribution in [3.05, 3.63) is 52.2 Å². The van der Waals surface area contributed by atoms with Gasteiger partial charge in [-0.1, -0.05) is 6.07 Å². The van der Waals surface area contributed by atoms with Crippen molar-refractivity contribution in [3.63, 3.8) is 0 Å². The quantitative estimate of drug-likeness (QED) is 0.457. The van der Waals surface area contributed by atoms with Crippen LogP contribution in [-0.4, -0.2) is 30.7 Å². The van der Waals surface area contributed by atoms with E-state index < -0.39 is 4.92 Å². The Morgan fingerprint density at radius 3 is 2.70 bits per heavy atom. The Kier molecular flexibility index (Phi) is 5.74. The second kappa shape index (κ2) is 7.98. The number of rotatable bonds is 8. The number of hydrogen-bond donors (Lipinski definition) is 1. The lowest BCUT2D eigenvalue weighted by atomic mass is 10.1. The molecule has 1 aromatic carbocycles. The summed E-state index contributed by atoms with van der Waals surface area (Å²) in [6.45, 7) is 0.589. The third-order valence-electron chi connectivity index (χ3n) is 3.37. The van der Waals surface area contributed by atoms with Crippen LogP contribution in [0.3, 0.4) is 0 Å². The Hall–Kier alpha value is -2.83. The second-order valence-corrected chi connectivity index (χ2v) is 4.85. The van der Waals surface area contributed by atoms with Crippen molar-refractivity contribution >= 4 is 11.5 Å². The number of benzene rings is 1. The standard InChI is InChI=1S/C16H19N3O4/c1-22-14-8-7-12(11-15(14)23-2)5-3-9-17-16-13(19(20)21)6-4-10-18-16/h4,6-8,10-11H,3,5,9H2,1-2H3,(H,17,18). The van der Waals surface area contributed by atoms with Crippen LogP contribution >= 0.6 is 0 Å². The Morgan fingerprint density at radius 2 is 2.00 bits per heavy atom. The molecule has 1 aromatic heterocycles. The highest BCUT2D eigenvalue weighted by atomic mass is 16.6. The number of hydrogen-bond acceptors (Lipinski definition) is 6. The molecule has 2 aromatic rings. The molecule has 7 heteroatoms. The van der Waals surface area contributed by atoms with Gasteiger partial charge in [0.25, 0.3) is 0 Å². The first kappa shape index (κ1) is 16.5. The highest BCUT2D eigenvalue weighted by molar-refractivity contribution is 5.55. The van der Waals surface area contributed by atoms with E-state index in [1.165, 1.54) is 12.3 Å². The highest BCUT2D eigenvalue weighted by Crippen LogP contribution is 2.28. The Bertz CT molecular complexity index is 676. The molecule has 1 heterocycles. The van der Waals surface area contributed by atoms with E-state index >= 15 is 0 Å². The van der Waals surface area contributed by atoms with E-state index in [9.17, 15) is 10.1 Å². The van der Waals surface area contributed by atoms with E-state index in [1.54, 1.807) is 20.3 Å². The minimum absolute atomic E-state index is 0.0152. The fourth-order valence-electron chi connectivity index (χ4n) is 2.22. The molecule has 23 heavy (non-hydrogen) atoms. The third kappa shape index (κ3) is 4.32. The monoisotopic (exact) mass is 317 g/mol. The number of methoxy groups -OCH3 is 2. The van der Waals surface area contributed by atoms with Crippen LogP contribution in [0.15, 0.2) is 36.5 Å². The first-order valence-corrected chi connectivity index (χ1v) is 7.20. The molecule has 0 aliphatic rings. The summed E-state index contributed by atoms with van der Waals surface area (Å²) in [5.74, 6) is 1.68. The van der Waals surface area contributed by atoms with Crippen molar-refractivity contribution in [2.24, 2.45) is 0 Å². The van der Waals surface area contributed by atoms with Gasteiger partial charge in [-0.15, -0.1) is 0 Å². The van der Waals surface area contributed by atoms with Gasteiger partial charge >= 0.3 is 5.69 Å². The molecule has 0 saturated heterocycles. The topological polar surface area (TPSA) is 86.5 Å². The number of aryl methyl sites for hydroxylation is 1. The van der Waals surface area contributed by atoms with Crippen LogP contribution in [0.4, 0.5) is 11.5 Å². The van der Waals surface area contributed by atoms with Crippen molar-refractivity contribution in [2.75, 3.05) is 26.1 Å². The van der Waals surface area contributed by atoms with E-state index in [0.29, 0.717) is 23.9 Å². The van der Waals surface area contributed by atoms with Gasteiger partial charge in [0.15, 0.2) is 11.5 Å². The maximum atomic E-state index is 10.9. The average Bonchev–Trinajstić information content (AvgIpc) is 2.58. The molecule has 122 valence electrons. The number of nitro groups is 1. The zero-order chi connectivity index (χ0) is 16.7. The molecule has 0 unspecified atom stereocenters. The molecule has 0 spiro atoms. The molecule has 0 amide bonds. The van der Waals surface area contributed by atoms with Crippen molar-refractivity contribution in [1.29, 1.82) is 0 Å². The van der Waals surface area contributed by atoms with E-state index in [4.69, 9.17) is 9.47 Å². The van der Waals surface area contributed by atoms with Crippen molar-refractivity contribution in [2.45, 2.75) is 12.8 Å². The smallest absolute Gasteiger partial charge is 0.311 e. The van der Waals surface area contributed by atoms with Crippen molar-refractivity contribution in [1.82, 2.24) is 4.98 Å². The van der Waals surface area contributed by atoms with Gasteiger partial charge in [-0.05, 0) is 36.6 Å². The fraction of sp³-hybridized carbons (Fsp3) is 0.312. The minimum atomic E-state index is -0.441.